The summed E-state index contributed by atoms with van der Waals surface area (Å²) >= 11 is 0. The third-order valence-corrected chi connectivity index (χ3v) is 4.25. The van der Waals surface area contributed by atoms with Gasteiger partial charge in [-0.1, -0.05) is 18.2 Å². The Kier molecular flexibility index (Phi) is 4.44. The van der Waals surface area contributed by atoms with Gasteiger partial charge in [0.25, 0.3) is 10.0 Å². The molecule has 0 amide bonds. The molecule has 2 aromatic carbocycles. The Labute approximate surface area is 122 Å². The Morgan fingerprint density at radius 3 is 2.62 bits per heavy atom. The monoisotopic (exact) mass is 310 g/mol. The number of para-hydroxylation sites is 2. The van der Waals surface area contributed by atoms with E-state index in [1.54, 1.807) is 18.2 Å². The predicted octanol–water partition coefficient (Wildman–Crippen LogP) is 2.09. The van der Waals surface area contributed by atoms with E-state index in [1.807, 2.05) is 0 Å². The SMILES string of the molecule is COc1ccccc1NS(=O)(=O)c1cc(CN)ccc1F. The van der Waals surface area contributed by atoms with Crippen LogP contribution in [0, 0.1) is 5.82 Å². The normalized spacial score (nSPS) is 11.2. The molecule has 0 saturated heterocycles. The van der Waals surface area contributed by atoms with Gasteiger partial charge >= 0.3 is 0 Å². The maximum atomic E-state index is 13.8. The van der Waals surface area contributed by atoms with Crippen LogP contribution in [0.3, 0.4) is 0 Å². The molecule has 5 nitrogen and oxygen atoms in total. The zero-order valence-electron chi connectivity index (χ0n) is 11.3. The van der Waals surface area contributed by atoms with Crippen molar-refractivity contribution in [3.8, 4) is 5.75 Å². The first kappa shape index (κ1) is 15.3. The quantitative estimate of drug-likeness (QED) is 0.886. The molecule has 0 heterocycles. The van der Waals surface area contributed by atoms with E-state index in [-0.39, 0.29) is 12.2 Å². The molecule has 2 rings (SSSR count). The van der Waals surface area contributed by atoms with Gasteiger partial charge in [-0.05, 0) is 29.8 Å². The van der Waals surface area contributed by atoms with Crippen LogP contribution in [-0.2, 0) is 16.6 Å². The second-order valence-corrected chi connectivity index (χ2v) is 5.93. The fourth-order valence-corrected chi connectivity index (χ4v) is 3.01. The third-order valence-electron chi connectivity index (χ3n) is 2.87. The first-order chi connectivity index (χ1) is 9.97. The van der Waals surface area contributed by atoms with E-state index in [4.69, 9.17) is 10.5 Å². The minimum atomic E-state index is -4.07. The molecule has 0 unspecified atom stereocenters. The van der Waals surface area contributed by atoms with Crippen LogP contribution in [0.15, 0.2) is 47.4 Å². The van der Waals surface area contributed by atoms with E-state index in [1.165, 1.54) is 25.3 Å². The van der Waals surface area contributed by atoms with Gasteiger partial charge in [-0.15, -0.1) is 0 Å². The van der Waals surface area contributed by atoms with Gasteiger partial charge in [-0.25, -0.2) is 12.8 Å². The van der Waals surface area contributed by atoms with Crippen molar-refractivity contribution in [2.45, 2.75) is 11.4 Å². The van der Waals surface area contributed by atoms with Crippen LogP contribution in [0.4, 0.5) is 10.1 Å². The summed E-state index contributed by atoms with van der Waals surface area (Å²) in [5.41, 5.74) is 6.21. The van der Waals surface area contributed by atoms with Gasteiger partial charge in [-0.3, -0.25) is 4.72 Å². The number of hydrogen-bond acceptors (Lipinski definition) is 4. The molecule has 0 atom stereocenters. The standard InChI is InChI=1S/C14H15FN2O3S/c1-20-13-5-3-2-4-12(13)17-21(18,19)14-8-10(9-16)6-7-11(14)15/h2-8,17H,9,16H2,1H3. The molecule has 0 radical (unpaired) electrons. The molecule has 112 valence electrons. The number of nitrogens with one attached hydrogen (secondary N) is 1. The Balaban J connectivity index is 2.43. The summed E-state index contributed by atoms with van der Waals surface area (Å²) < 4.78 is 45.8. The summed E-state index contributed by atoms with van der Waals surface area (Å²) in [5.74, 6) is -0.494. The largest absolute Gasteiger partial charge is 0.495 e. The van der Waals surface area contributed by atoms with Crippen molar-refractivity contribution in [3.05, 3.63) is 53.8 Å². The lowest BCUT2D eigenvalue weighted by Crippen LogP contribution is -2.16. The lowest BCUT2D eigenvalue weighted by atomic mass is 10.2. The summed E-state index contributed by atoms with van der Waals surface area (Å²) in [5, 5.41) is 0. The highest BCUT2D eigenvalue weighted by atomic mass is 32.2. The Morgan fingerprint density at radius 1 is 1.24 bits per heavy atom. The van der Waals surface area contributed by atoms with Gasteiger partial charge in [0, 0.05) is 6.54 Å². The molecule has 3 N–H and O–H groups in total. The van der Waals surface area contributed by atoms with Gasteiger partial charge in [0.05, 0.1) is 12.8 Å². The number of ether oxygens (including phenoxy) is 1. The Hall–Kier alpha value is -2.12. The van der Waals surface area contributed by atoms with E-state index in [0.29, 0.717) is 11.3 Å². The smallest absolute Gasteiger partial charge is 0.264 e. The first-order valence-corrected chi connectivity index (χ1v) is 7.60. The van der Waals surface area contributed by atoms with E-state index in [0.717, 1.165) is 6.07 Å². The fraction of sp³-hybridized carbons (Fsp3) is 0.143. The first-order valence-electron chi connectivity index (χ1n) is 6.12. The highest BCUT2D eigenvalue weighted by Crippen LogP contribution is 2.27. The van der Waals surface area contributed by atoms with Crippen molar-refractivity contribution in [1.29, 1.82) is 0 Å². The average molecular weight is 310 g/mol. The van der Waals surface area contributed by atoms with Crippen molar-refractivity contribution < 1.29 is 17.5 Å². The molecular formula is C14H15FN2O3S. The number of halogens is 1. The second kappa shape index (κ2) is 6.11. The highest BCUT2D eigenvalue weighted by Gasteiger charge is 2.21. The van der Waals surface area contributed by atoms with Gasteiger partial charge in [0.15, 0.2) is 0 Å². The van der Waals surface area contributed by atoms with Gasteiger partial charge in [-0.2, -0.15) is 0 Å². The van der Waals surface area contributed by atoms with E-state index in [9.17, 15) is 12.8 Å². The number of hydrogen-bond donors (Lipinski definition) is 2. The van der Waals surface area contributed by atoms with Crippen LogP contribution in [0.25, 0.3) is 0 Å². The molecule has 7 heteroatoms. The molecule has 0 aliphatic rings. The average Bonchev–Trinajstić information content (AvgIpc) is 2.47. The van der Waals surface area contributed by atoms with Crippen LogP contribution >= 0.6 is 0 Å². The third kappa shape index (κ3) is 3.32. The van der Waals surface area contributed by atoms with Gasteiger partial charge < -0.3 is 10.5 Å². The maximum Gasteiger partial charge on any atom is 0.264 e. The van der Waals surface area contributed by atoms with Crippen molar-refractivity contribution >= 4 is 15.7 Å². The number of rotatable bonds is 5. The topological polar surface area (TPSA) is 81.4 Å². The zero-order chi connectivity index (χ0) is 15.5. The fourth-order valence-electron chi connectivity index (χ4n) is 1.81. The van der Waals surface area contributed by atoms with Crippen molar-refractivity contribution in [2.75, 3.05) is 11.8 Å². The molecule has 0 bridgehead atoms. The number of methoxy groups -OCH3 is 1. The predicted molar refractivity (Wildman–Crippen MR) is 78.1 cm³/mol. The maximum absolute atomic E-state index is 13.8. The molecular weight excluding hydrogens is 295 g/mol. The van der Waals surface area contributed by atoms with E-state index in [2.05, 4.69) is 4.72 Å². The number of benzene rings is 2. The molecule has 0 aromatic heterocycles. The minimum absolute atomic E-state index is 0.122. The number of anilines is 1. The summed E-state index contributed by atoms with van der Waals surface area (Å²) in [6.07, 6.45) is 0. The van der Waals surface area contributed by atoms with Crippen molar-refractivity contribution in [3.63, 3.8) is 0 Å². The van der Waals surface area contributed by atoms with Crippen molar-refractivity contribution in [2.24, 2.45) is 5.73 Å². The Bertz CT molecular complexity index is 748. The highest BCUT2D eigenvalue weighted by molar-refractivity contribution is 7.92. The summed E-state index contributed by atoms with van der Waals surface area (Å²) in [7, 11) is -2.65. The molecule has 0 fully saturated rings. The lowest BCUT2D eigenvalue weighted by Gasteiger charge is -2.12. The summed E-state index contributed by atoms with van der Waals surface area (Å²) in [4.78, 5) is -0.448. The minimum Gasteiger partial charge on any atom is -0.495 e. The van der Waals surface area contributed by atoms with Crippen LogP contribution in [-0.4, -0.2) is 15.5 Å². The van der Waals surface area contributed by atoms with E-state index < -0.39 is 20.7 Å². The molecule has 2 aromatic rings. The molecule has 0 aliphatic heterocycles. The van der Waals surface area contributed by atoms with Gasteiger partial charge in [0.2, 0.25) is 0 Å². The summed E-state index contributed by atoms with van der Waals surface area (Å²) in [6.45, 7) is 0.122. The number of nitrogens with two attached hydrogens (primary N) is 1. The summed E-state index contributed by atoms with van der Waals surface area (Å²) in [6, 6.07) is 10.2. The van der Waals surface area contributed by atoms with Crippen LogP contribution in [0.1, 0.15) is 5.56 Å². The van der Waals surface area contributed by atoms with Crippen LogP contribution in [0.2, 0.25) is 0 Å². The molecule has 0 spiro atoms. The molecule has 0 aliphatic carbocycles. The molecule has 0 saturated carbocycles. The Morgan fingerprint density at radius 2 is 1.95 bits per heavy atom. The lowest BCUT2D eigenvalue weighted by molar-refractivity contribution is 0.417. The van der Waals surface area contributed by atoms with Crippen LogP contribution < -0.4 is 15.2 Å². The van der Waals surface area contributed by atoms with Gasteiger partial charge in [0.1, 0.15) is 16.5 Å². The second-order valence-electron chi connectivity index (χ2n) is 4.27. The number of sulfonamides is 1. The zero-order valence-corrected chi connectivity index (χ0v) is 12.2. The molecule has 21 heavy (non-hydrogen) atoms. The van der Waals surface area contributed by atoms with E-state index >= 15 is 0 Å². The van der Waals surface area contributed by atoms with Crippen molar-refractivity contribution in [1.82, 2.24) is 0 Å². The van der Waals surface area contributed by atoms with Crippen LogP contribution in [0.5, 0.6) is 5.75 Å².